The lowest BCUT2D eigenvalue weighted by Crippen LogP contribution is -2.00. The second-order valence-electron chi connectivity index (χ2n) is 2.77. The van der Waals surface area contributed by atoms with E-state index >= 15 is 0 Å². The Balaban J connectivity index is 1.98. The Hall–Kier alpha value is -1.69. The Bertz CT molecular complexity index is 418. The van der Waals surface area contributed by atoms with E-state index in [-0.39, 0.29) is 0 Å². The van der Waals surface area contributed by atoms with Crippen LogP contribution < -0.4 is 10.1 Å². The molecule has 1 N–H and O–H groups in total. The van der Waals surface area contributed by atoms with Crippen molar-refractivity contribution < 1.29 is 4.74 Å². The van der Waals surface area contributed by atoms with Crippen LogP contribution in [0.25, 0.3) is 0 Å². The van der Waals surface area contributed by atoms with Crippen LogP contribution in [0.1, 0.15) is 4.88 Å². The first kappa shape index (κ1) is 9.85. The number of thiazole rings is 1. The van der Waals surface area contributed by atoms with Gasteiger partial charge < -0.3 is 10.1 Å². The highest BCUT2D eigenvalue weighted by Gasteiger charge is 1.99. The molecule has 0 aliphatic heterocycles. The lowest BCUT2D eigenvalue weighted by molar-refractivity contribution is 0.397. The van der Waals surface area contributed by atoms with E-state index in [9.17, 15) is 0 Å². The van der Waals surface area contributed by atoms with E-state index in [0.717, 1.165) is 10.7 Å². The van der Waals surface area contributed by atoms with Crippen molar-refractivity contribution >= 4 is 17.2 Å². The van der Waals surface area contributed by atoms with Crippen LogP contribution in [0, 0.1) is 0 Å². The van der Waals surface area contributed by atoms with Gasteiger partial charge in [0.2, 0.25) is 5.88 Å². The third kappa shape index (κ3) is 2.63. The molecule has 6 heteroatoms. The molecule has 0 radical (unpaired) electrons. The average Bonchev–Trinajstić information content (AvgIpc) is 2.79. The fourth-order valence-corrected chi connectivity index (χ4v) is 1.59. The zero-order valence-corrected chi connectivity index (χ0v) is 8.99. The van der Waals surface area contributed by atoms with E-state index < -0.39 is 0 Å². The summed E-state index contributed by atoms with van der Waals surface area (Å²) < 4.78 is 4.99. The fourth-order valence-electron chi connectivity index (χ4n) is 1.05. The first-order chi connectivity index (χ1) is 7.38. The Morgan fingerprint density at radius 1 is 1.47 bits per heavy atom. The maximum atomic E-state index is 4.99. The summed E-state index contributed by atoms with van der Waals surface area (Å²) in [6.07, 6.45) is 3.30. The van der Waals surface area contributed by atoms with Crippen molar-refractivity contribution in [1.29, 1.82) is 0 Å². The van der Waals surface area contributed by atoms with E-state index in [4.69, 9.17) is 4.74 Å². The largest absolute Gasteiger partial charge is 0.481 e. The van der Waals surface area contributed by atoms with Gasteiger partial charge in [0.05, 0.1) is 19.2 Å². The second kappa shape index (κ2) is 4.70. The molecule has 78 valence electrons. The summed E-state index contributed by atoms with van der Waals surface area (Å²) >= 11 is 1.60. The summed E-state index contributed by atoms with van der Waals surface area (Å²) in [4.78, 5) is 13.1. The normalized spacial score (nSPS) is 9.93. The molecule has 0 spiro atoms. The van der Waals surface area contributed by atoms with Crippen LogP contribution in [0.4, 0.5) is 5.82 Å². The molecule has 0 bridgehead atoms. The van der Waals surface area contributed by atoms with Gasteiger partial charge in [-0.05, 0) is 0 Å². The predicted octanol–water partition coefficient (Wildman–Crippen LogP) is 1.55. The van der Waals surface area contributed by atoms with Crippen molar-refractivity contribution in [2.75, 3.05) is 12.4 Å². The van der Waals surface area contributed by atoms with Crippen LogP contribution in [0.15, 0.2) is 24.1 Å². The van der Waals surface area contributed by atoms with Gasteiger partial charge in [0.15, 0.2) is 0 Å². The summed E-state index contributed by atoms with van der Waals surface area (Å²) in [6.45, 7) is 0.713. The number of nitrogens with zero attached hydrogens (tertiary/aromatic N) is 3. The summed E-state index contributed by atoms with van der Waals surface area (Å²) in [6, 6.07) is 1.75. The van der Waals surface area contributed by atoms with Crippen LogP contribution >= 0.6 is 11.3 Å². The molecule has 15 heavy (non-hydrogen) atoms. The molecule has 0 aliphatic rings. The first-order valence-electron chi connectivity index (χ1n) is 4.36. The molecule has 0 aliphatic carbocycles. The van der Waals surface area contributed by atoms with Gasteiger partial charge in [0.1, 0.15) is 12.1 Å². The molecule has 0 saturated carbocycles. The topological polar surface area (TPSA) is 59.9 Å². The molecule has 2 aromatic heterocycles. The van der Waals surface area contributed by atoms with Crippen molar-refractivity contribution in [1.82, 2.24) is 15.0 Å². The Kier molecular flexibility index (Phi) is 3.08. The molecule has 0 unspecified atom stereocenters. The smallest absolute Gasteiger partial charge is 0.218 e. The molecule has 0 saturated heterocycles. The number of anilines is 1. The molecule has 0 amide bonds. The lowest BCUT2D eigenvalue weighted by atomic mass is 10.5. The van der Waals surface area contributed by atoms with Crippen LogP contribution in [-0.4, -0.2) is 22.1 Å². The predicted molar refractivity (Wildman–Crippen MR) is 58.0 cm³/mol. The maximum absolute atomic E-state index is 4.99. The van der Waals surface area contributed by atoms with E-state index in [1.807, 2.05) is 6.20 Å². The molecule has 2 heterocycles. The summed E-state index contributed by atoms with van der Waals surface area (Å²) in [5.74, 6) is 1.30. The van der Waals surface area contributed by atoms with Gasteiger partial charge in [-0.2, -0.15) is 0 Å². The SMILES string of the molecule is COc1cc(NCc2cncs2)ncn1. The molecule has 2 rings (SSSR count). The van der Waals surface area contributed by atoms with E-state index in [1.54, 1.807) is 30.0 Å². The van der Waals surface area contributed by atoms with Gasteiger partial charge >= 0.3 is 0 Å². The van der Waals surface area contributed by atoms with Crippen LogP contribution in [-0.2, 0) is 6.54 Å². The van der Waals surface area contributed by atoms with Crippen molar-refractivity contribution in [3.63, 3.8) is 0 Å². The van der Waals surface area contributed by atoms with Gasteiger partial charge in [0.25, 0.3) is 0 Å². The van der Waals surface area contributed by atoms with E-state index in [1.165, 1.54) is 6.33 Å². The number of aromatic nitrogens is 3. The van der Waals surface area contributed by atoms with E-state index in [2.05, 4.69) is 20.3 Å². The molecule has 0 atom stereocenters. The highest BCUT2D eigenvalue weighted by Crippen LogP contribution is 2.12. The molecular weight excluding hydrogens is 212 g/mol. The lowest BCUT2D eigenvalue weighted by Gasteiger charge is -2.04. The average molecular weight is 222 g/mol. The number of methoxy groups -OCH3 is 1. The van der Waals surface area contributed by atoms with Crippen molar-refractivity contribution in [2.45, 2.75) is 6.54 Å². The molecule has 5 nitrogen and oxygen atoms in total. The minimum absolute atomic E-state index is 0.553. The van der Waals surface area contributed by atoms with E-state index in [0.29, 0.717) is 12.4 Å². The highest BCUT2D eigenvalue weighted by molar-refractivity contribution is 7.09. The second-order valence-corrected chi connectivity index (χ2v) is 3.74. The van der Waals surface area contributed by atoms with Gasteiger partial charge in [-0.3, -0.25) is 4.98 Å². The molecule has 2 aromatic rings. The number of hydrogen-bond donors (Lipinski definition) is 1. The van der Waals surface area contributed by atoms with Gasteiger partial charge in [0, 0.05) is 17.1 Å². The third-order valence-electron chi connectivity index (χ3n) is 1.78. The number of rotatable bonds is 4. The van der Waals surface area contributed by atoms with Gasteiger partial charge in [-0.15, -0.1) is 11.3 Å². The number of ether oxygens (including phenoxy) is 1. The third-order valence-corrected chi connectivity index (χ3v) is 2.56. The fraction of sp³-hybridized carbons (Fsp3) is 0.222. The summed E-state index contributed by atoms with van der Waals surface area (Å²) in [5.41, 5.74) is 1.80. The van der Waals surface area contributed by atoms with Crippen LogP contribution in [0.3, 0.4) is 0 Å². The summed E-state index contributed by atoms with van der Waals surface area (Å²) in [5, 5.41) is 3.16. The standard InChI is InChI=1S/C9H10N4OS/c1-14-9-2-8(12-5-13-9)11-4-7-3-10-6-15-7/h2-3,5-6H,4H2,1H3,(H,11,12,13). The van der Waals surface area contributed by atoms with Crippen molar-refractivity contribution in [3.8, 4) is 5.88 Å². The molecular formula is C9H10N4OS. The zero-order chi connectivity index (χ0) is 10.5. The Morgan fingerprint density at radius 3 is 3.13 bits per heavy atom. The van der Waals surface area contributed by atoms with Gasteiger partial charge in [-0.1, -0.05) is 0 Å². The summed E-state index contributed by atoms with van der Waals surface area (Å²) in [7, 11) is 1.58. The highest BCUT2D eigenvalue weighted by atomic mass is 32.1. The zero-order valence-electron chi connectivity index (χ0n) is 8.17. The Morgan fingerprint density at radius 2 is 2.40 bits per heavy atom. The number of nitrogens with one attached hydrogen (secondary N) is 1. The monoisotopic (exact) mass is 222 g/mol. The minimum Gasteiger partial charge on any atom is -0.481 e. The van der Waals surface area contributed by atoms with Crippen LogP contribution in [0.5, 0.6) is 5.88 Å². The van der Waals surface area contributed by atoms with Crippen molar-refractivity contribution in [3.05, 3.63) is 29.0 Å². The van der Waals surface area contributed by atoms with Gasteiger partial charge in [-0.25, -0.2) is 9.97 Å². The Labute approximate surface area is 91.2 Å². The first-order valence-corrected chi connectivity index (χ1v) is 5.23. The van der Waals surface area contributed by atoms with Crippen LogP contribution in [0.2, 0.25) is 0 Å². The van der Waals surface area contributed by atoms with Crippen molar-refractivity contribution in [2.24, 2.45) is 0 Å². The quantitative estimate of drug-likeness (QED) is 0.850. The minimum atomic E-state index is 0.553. The number of hydrogen-bond acceptors (Lipinski definition) is 6. The molecule has 0 fully saturated rings. The maximum Gasteiger partial charge on any atom is 0.218 e. The molecule has 0 aromatic carbocycles.